The van der Waals surface area contributed by atoms with Gasteiger partial charge in [0.05, 0.1) is 31.7 Å². The summed E-state index contributed by atoms with van der Waals surface area (Å²) in [6.45, 7) is 0.930. The maximum Gasteiger partial charge on any atom is 0.282 e. The second kappa shape index (κ2) is 7.96. The summed E-state index contributed by atoms with van der Waals surface area (Å²) in [7, 11) is 1.60. The van der Waals surface area contributed by atoms with Crippen molar-refractivity contribution in [1.82, 2.24) is 4.57 Å². The largest absolute Gasteiger partial charge is 0.383 e. The van der Waals surface area contributed by atoms with Crippen LogP contribution >= 0.6 is 69.1 Å². The van der Waals surface area contributed by atoms with E-state index < -0.39 is 5.91 Å². The number of amides is 1. The molecule has 0 saturated carbocycles. The molecule has 0 aliphatic heterocycles. The van der Waals surface area contributed by atoms with Gasteiger partial charge in [0.2, 0.25) is 0 Å². The van der Waals surface area contributed by atoms with Gasteiger partial charge in [0, 0.05) is 18.7 Å². The molecule has 0 bridgehead atoms. The van der Waals surface area contributed by atoms with E-state index in [1.807, 2.05) is 4.57 Å². The fraction of sp³-hybridized carbons (Fsp3) is 0.200. The number of methoxy groups -OCH3 is 1. The third-order valence-electron chi connectivity index (χ3n) is 3.30. The Morgan fingerprint density at radius 3 is 2.60 bits per heavy atom. The highest BCUT2D eigenvalue weighted by Gasteiger charge is 2.16. The Morgan fingerprint density at radius 2 is 1.96 bits per heavy atom. The summed E-state index contributed by atoms with van der Waals surface area (Å²) in [5, 5.41) is 1.00. The molecule has 3 rings (SSSR count). The van der Waals surface area contributed by atoms with Crippen LogP contribution in [0, 0.1) is 0 Å². The number of carbonyl (C=O) groups excluding carboxylic acids is 1. The first kappa shape index (κ1) is 19.2. The Bertz CT molecular complexity index is 1020. The lowest BCUT2D eigenvalue weighted by Gasteiger charge is -2.05. The van der Waals surface area contributed by atoms with E-state index in [9.17, 15) is 4.79 Å². The number of halogens is 4. The number of benzene rings is 1. The second-order valence-corrected chi connectivity index (χ2v) is 9.06. The van der Waals surface area contributed by atoms with Crippen molar-refractivity contribution in [2.75, 3.05) is 13.7 Å². The number of carbonyl (C=O) groups is 1. The number of ether oxygens (including phenoxy) is 1. The van der Waals surface area contributed by atoms with Crippen LogP contribution in [0.15, 0.2) is 23.2 Å². The molecule has 4 nitrogen and oxygen atoms in total. The third kappa shape index (κ3) is 4.06. The quantitative estimate of drug-likeness (QED) is 0.501. The van der Waals surface area contributed by atoms with E-state index >= 15 is 0 Å². The van der Waals surface area contributed by atoms with Crippen molar-refractivity contribution in [1.29, 1.82) is 0 Å². The molecule has 0 spiro atoms. The van der Waals surface area contributed by atoms with Crippen molar-refractivity contribution in [2.45, 2.75) is 6.54 Å². The van der Waals surface area contributed by atoms with E-state index in [-0.39, 0.29) is 5.56 Å². The number of hydrogen-bond donors (Lipinski definition) is 0. The number of fused-ring (bicyclic) bond motifs is 1. The number of thiophene rings is 1. The summed E-state index contributed by atoms with van der Waals surface area (Å²) in [4.78, 5) is 17.2. The first-order chi connectivity index (χ1) is 11.9. The minimum Gasteiger partial charge on any atom is -0.383 e. The topological polar surface area (TPSA) is 43.6 Å². The van der Waals surface area contributed by atoms with Crippen molar-refractivity contribution >= 4 is 85.2 Å². The lowest BCUT2D eigenvalue weighted by Crippen LogP contribution is -2.19. The molecule has 3 aromatic rings. The van der Waals surface area contributed by atoms with Crippen molar-refractivity contribution in [3.63, 3.8) is 0 Å². The van der Waals surface area contributed by atoms with Crippen molar-refractivity contribution in [3.05, 3.63) is 47.3 Å². The van der Waals surface area contributed by atoms with Crippen LogP contribution in [0.4, 0.5) is 0 Å². The van der Waals surface area contributed by atoms with Crippen LogP contribution in [0.5, 0.6) is 0 Å². The molecule has 0 aliphatic rings. The fourth-order valence-corrected chi connectivity index (χ4v) is 5.52. The zero-order valence-corrected chi connectivity index (χ0v) is 17.3. The third-order valence-corrected chi connectivity index (χ3v) is 6.32. The maximum absolute atomic E-state index is 12.5. The SMILES string of the molecule is COCCn1c(=NC(=O)c2cc(Cl)sc2Cl)sc2cc(Cl)cc(Cl)c21. The average molecular weight is 456 g/mol. The highest BCUT2D eigenvalue weighted by molar-refractivity contribution is 7.20. The van der Waals surface area contributed by atoms with Crippen LogP contribution in [-0.4, -0.2) is 24.2 Å². The van der Waals surface area contributed by atoms with Gasteiger partial charge in [0.15, 0.2) is 4.80 Å². The van der Waals surface area contributed by atoms with Gasteiger partial charge >= 0.3 is 0 Å². The van der Waals surface area contributed by atoms with Crippen LogP contribution < -0.4 is 4.80 Å². The number of thiazole rings is 1. The van der Waals surface area contributed by atoms with Crippen molar-refractivity contribution in [2.24, 2.45) is 4.99 Å². The highest BCUT2D eigenvalue weighted by Crippen LogP contribution is 2.32. The molecule has 1 amide bonds. The van der Waals surface area contributed by atoms with E-state index in [2.05, 4.69) is 4.99 Å². The summed E-state index contributed by atoms with van der Waals surface area (Å²) in [6, 6.07) is 4.95. The predicted molar refractivity (Wildman–Crippen MR) is 106 cm³/mol. The fourth-order valence-electron chi connectivity index (χ4n) is 2.24. The Labute approximate surface area is 171 Å². The number of aromatic nitrogens is 1. The second-order valence-electron chi connectivity index (χ2n) is 4.92. The molecule has 0 aliphatic carbocycles. The summed E-state index contributed by atoms with van der Waals surface area (Å²) in [5.74, 6) is -0.465. The van der Waals surface area contributed by atoms with E-state index in [0.29, 0.717) is 36.7 Å². The summed E-state index contributed by atoms with van der Waals surface area (Å²) in [5.41, 5.74) is 1.03. The Kier molecular flexibility index (Phi) is 6.11. The van der Waals surface area contributed by atoms with Gasteiger partial charge in [-0.3, -0.25) is 4.79 Å². The van der Waals surface area contributed by atoms with Gasteiger partial charge in [-0.1, -0.05) is 57.7 Å². The smallest absolute Gasteiger partial charge is 0.282 e. The first-order valence-electron chi connectivity index (χ1n) is 6.92. The minimum atomic E-state index is -0.465. The van der Waals surface area contributed by atoms with Gasteiger partial charge < -0.3 is 9.30 Å². The average Bonchev–Trinajstić information content (AvgIpc) is 3.04. The molecule has 0 saturated heterocycles. The number of hydrogen-bond acceptors (Lipinski definition) is 4. The summed E-state index contributed by atoms with van der Waals surface area (Å²) < 4.78 is 8.55. The number of rotatable bonds is 4. The molecule has 0 radical (unpaired) electrons. The molecule has 1 aromatic carbocycles. The van der Waals surface area contributed by atoms with Crippen LogP contribution in [0.25, 0.3) is 10.2 Å². The molecule has 0 unspecified atom stereocenters. The molecular formula is C15H10Cl4N2O2S2. The van der Waals surface area contributed by atoms with Crippen LogP contribution in [0.3, 0.4) is 0 Å². The zero-order chi connectivity index (χ0) is 18.1. The van der Waals surface area contributed by atoms with Crippen molar-refractivity contribution < 1.29 is 9.53 Å². The normalized spacial score (nSPS) is 12.3. The van der Waals surface area contributed by atoms with Gasteiger partial charge in [0.25, 0.3) is 5.91 Å². The molecule has 0 atom stereocenters. The van der Waals surface area contributed by atoms with Gasteiger partial charge in [-0.2, -0.15) is 4.99 Å². The lowest BCUT2D eigenvalue weighted by atomic mass is 10.3. The Morgan fingerprint density at radius 1 is 1.20 bits per heavy atom. The van der Waals surface area contributed by atoms with Gasteiger partial charge in [-0.15, -0.1) is 11.3 Å². The Hall–Kier alpha value is -0.600. The van der Waals surface area contributed by atoms with E-state index in [1.54, 1.807) is 19.2 Å². The molecule has 2 heterocycles. The number of nitrogens with zero attached hydrogens (tertiary/aromatic N) is 2. The van der Waals surface area contributed by atoms with Crippen LogP contribution in [0.2, 0.25) is 18.7 Å². The van der Waals surface area contributed by atoms with Gasteiger partial charge in [-0.25, -0.2) is 0 Å². The van der Waals surface area contributed by atoms with E-state index in [4.69, 9.17) is 51.1 Å². The van der Waals surface area contributed by atoms with Crippen molar-refractivity contribution in [3.8, 4) is 0 Å². The molecule has 132 valence electrons. The minimum absolute atomic E-state index is 0.275. The molecular weight excluding hydrogens is 446 g/mol. The highest BCUT2D eigenvalue weighted by atomic mass is 35.5. The van der Waals surface area contributed by atoms with Gasteiger partial charge in [0.1, 0.15) is 4.34 Å². The first-order valence-corrected chi connectivity index (χ1v) is 10.1. The maximum atomic E-state index is 12.5. The predicted octanol–water partition coefficient (Wildman–Crippen LogP) is 5.77. The molecule has 25 heavy (non-hydrogen) atoms. The summed E-state index contributed by atoms with van der Waals surface area (Å²) >= 11 is 26.8. The Balaban J connectivity index is 2.18. The molecule has 10 heteroatoms. The van der Waals surface area contributed by atoms with E-state index in [1.165, 1.54) is 17.4 Å². The van der Waals surface area contributed by atoms with E-state index in [0.717, 1.165) is 21.6 Å². The molecule has 2 aromatic heterocycles. The standard InChI is InChI=1S/C15H10Cl4N2O2S2/c1-23-3-2-21-12-9(17)4-7(16)5-10(12)24-15(21)20-14(22)8-6-11(18)25-13(8)19/h4-6H,2-3H2,1H3. The lowest BCUT2D eigenvalue weighted by molar-refractivity contribution is 0.0998. The monoisotopic (exact) mass is 454 g/mol. The summed E-state index contributed by atoms with van der Waals surface area (Å²) in [6.07, 6.45) is 0. The van der Waals surface area contributed by atoms with Crippen LogP contribution in [-0.2, 0) is 11.3 Å². The van der Waals surface area contributed by atoms with Gasteiger partial charge in [-0.05, 0) is 18.2 Å². The van der Waals surface area contributed by atoms with Crippen LogP contribution in [0.1, 0.15) is 10.4 Å². The molecule has 0 fully saturated rings. The zero-order valence-electron chi connectivity index (χ0n) is 12.7. The molecule has 0 N–H and O–H groups in total.